The van der Waals surface area contributed by atoms with E-state index in [-0.39, 0.29) is 6.04 Å². The molecule has 0 heterocycles. The molecule has 0 aliphatic rings. The highest BCUT2D eigenvalue weighted by Gasteiger charge is 2.12. The minimum absolute atomic E-state index is 0.361. The van der Waals surface area contributed by atoms with Crippen molar-refractivity contribution < 1.29 is 9.90 Å². The lowest BCUT2D eigenvalue weighted by Crippen LogP contribution is -2.33. The molecule has 0 aromatic carbocycles. The lowest BCUT2D eigenvalue weighted by atomic mass is 10.1. The fraction of sp³-hybridized carbons (Fsp3) is 0.857. The second kappa shape index (κ2) is 5.23. The van der Waals surface area contributed by atoms with E-state index in [1.54, 1.807) is 7.05 Å². The van der Waals surface area contributed by atoms with Crippen molar-refractivity contribution in [3.63, 3.8) is 0 Å². The maximum Gasteiger partial charge on any atom is 0.320 e. The van der Waals surface area contributed by atoms with Crippen molar-refractivity contribution >= 4 is 5.97 Å². The summed E-state index contributed by atoms with van der Waals surface area (Å²) in [4.78, 5) is 10.4. The Bertz CT molecular complexity index is 104. The van der Waals surface area contributed by atoms with Crippen LogP contribution in [-0.2, 0) is 4.79 Å². The lowest BCUT2D eigenvalue weighted by Gasteiger charge is -2.08. The van der Waals surface area contributed by atoms with Crippen LogP contribution in [0.2, 0.25) is 0 Å². The average molecular weight is 145 g/mol. The smallest absolute Gasteiger partial charge is 0.320 e. The number of nitrogens with one attached hydrogen (secondary N) is 1. The summed E-state index contributed by atoms with van der Waals surface area (Å²) in [5.74, 6) is -0.754. The van der Waals surface area contributed by atoms with Gasteiger partial charge in [0, 0.05) is 0 Å². The number of carbonyl (C=O) groups is 1. The first-order valence-electron chi connectivity index (χ1n) is 3.62. The van der Waals surface area contributed by atoms with Gasteiger partial charge in [-0.25, -0.2) is 0 Å². The Balaban J connectivity index is 3.50. The van der Waals surface area contributed by atoms with Crippen molar-refractivity contribution in [1.29, 1.82) is 0 Å². The van der Waals surface area contributed by atoms with Crippen LogP contribution in [0.25, 0.3) is 0 Å². The summed E-state index contributed by atoms with van der Waals surface area (Å²) in [5.41, 5.74) is 0. The first kappa shape index (κ1) is 9.43. The third-order valence-electron chi connectivity index (χ3n) is 1.49. The summed E-state index contributed by atoms with van der Waals surface area (Å²) in [6.07, 6.45) is 2.74. The number of likely N-dealkylation sites (N-methyl/N-ethyl adjacent to an activating group) is 1. The van der Waals surface area contributed by atoms with Crippen LogP contribution >= 0.6 is 0 Å². The zero-order valence-electron chi connectivity index (χ0n) is 6.55. The molecule has 10 heavy (non-hydrogen) atoms. The number of carboxylic acids is 1. The molecule has 0 fully saturated rings. The Hall–Kier alpha value is -0.570. The van der Waals surface area contributed by atoms with Crippen LogP contribution in [0.15, 0.2) is 0 Å². The zero-order valence-corrected chi connectivity index (χ0v) is 6.55. The summed E-state index contributed by atoms with van der Waals surface area (Å²) in [7, 11) is 1.68. The number of rotatable bonds is 5. The van der Waals surface area contributed by atoms with E-state index in [1.165, 1.54) is 0 Å². The van der Waals surface area contributed by atoms with Crippen molar-refractivity contribution in [2.75, 3.05) is 7.05 Å². The van der Waals surface area contributed by atoms with E-state index in [0.29, 0.717) is 0 Å². The quantitative estimate of drug-likeness (QED) is 0.603. The Morgan fingerprint density at radius 2 is 2.30 bits per heavy atom. The molecule has 3 heteroatoms. The Morgan fingerprint density at radius 3 is 2.60 bits per heavy atom. The van der Waals surface area contributed by atoms with Gasteiger partial charge in [-0.3, -0.25) is 4.79 Å². The zero-order chi connectivity index (χ0) is 7.98. The summed E-state index contributed by atoms with van der Waals surface area (Å²) < 4.78 is 0. The molecule has 0 saturated carbocycles. The molecule has 0 radical (unpaired) electrons. The fourth-order valence-electron chi connectivity index (χ4n) is 0.800. The summed E-state index contributed by atoms with van der Waals surface area (Å²) in [6.45, 7) is 2.05. The third-order valence-corrected chi connectivity index (χ3v) is 1.49. The molecule has 0 spiro atoms. The Labute approximate surface area is 61.4 Å². The highest BCUT2D eigenvalue weighted by molar-refractivity contribution is 5.73. The van der Waals surface area contributed by atoms with Crippen molar-refractivity contribution in [3.05, 3.63) is 0 Å². The maximum absolute atomic E-state index is 10.4. The van der Waals surface area contributed by atoms with Gasteiger partial charge in [0.15, 0.2) is 0 Å². The van der Waals surface area contributed by atoms with E-state index < -0.39 is 5.97 Å². The van der Waals surface area contributed by atoms with E-state index in [4.69, 9.17) is 5.11 Å². The Morgan fingerprint density at radius 1 is 1.70 bits per heavy atom. The van der Waals surface area contributed by atoms with Crippen molar-refractivity contribution in [2.24, 2.45) is 0 Å². The summed E-state index contributed by atoms with van der Waals surface area (Å²) >= 11 is 0. The molecule has 2 N–H and O–H groups in total. The van der Waals surface area contributed by atoms with Crippen LogP contribution < -0.4 is 5.32 Å². The number of unbranched alkanes of at least 4 members (excludes halogenated alkanes) is 1. The van der Waals surface area contributed by atoms with Gasteiger partial charge in [0.05, 0.1) is 0 Å². The molecule has 0 saturated heterocycles. The fourth-order valence-corrected chi connectivity index (χ4v) is 0.800. The van der Waals surface area contributed by atoms with Crippen LogP contribution in [0.1, 0.15) is 26.2 Å². The van der Waals surface area contributed by atoms with Crippen LogP contribution in [0.4, 0.5) is 0 Å². The third kappa shape index (κ3) is 3.45. The number of hydrogen-bond donors (Lipinski definition) is 2. The topological polar surface area (TPSA) is 49.3 Å². The van der Waals surface area contributed by atoms with E-state index in [2.05, 4.69) is 12.2 Å². The minimum atomic E-state index is -0.754. The Kier molecular flexibility index (Phi) is 4.94. The van der Waals surface area contributed by atoms with E-state index in [9.17, 15) is 4.79 Å². The minimum Gasteiger partial charge on any atom is -0.480 e. The molecule has 1 atom stereocenters. The van der Waals surface area contributed by atoms with Crippen molar-refractivity contribution in [3.8, 4) is 0 Å². The van der Waals surface area contributed by atoms with Crippen LogP contribution in [0.3, 0.4) is 0 Å². The molecule has 0 aliphatic heterocycles. The highest BCUT2D eigenvalue weighted by Crippen LogP contribution is 1.99. The normalized spacial score (nSPS) is 13.0. The SMILES string of the molecule is CCCC[C@H](NC)C(=O)O. The monoisotopic (exact) mass is 145 g/mol. The predicted molar refractivity (Wildman–Crippen MR) is 40.0 cm³/mol. The molecule has 0 bridgehead atoms. The van der Waals surface area contributed by atoms with Gasteiger partial charge in [0.1, 0.15) is 6.04 Å². The van der Waals surface area contributed by atoms with Crippen molar-refractivity contribution in [2.45, 2.75) is 32.2 Å². The largest absolute Gasteiger partial charge is 0.480 e. The van der Waals surface area contributed by atoms with Gasteiger partial charge in [-0.05, 0) is 13.5 Å². The maximum atomic E-state index is 10.4. The highest BCUT2D eigenvalue weighted by atomic mass is 16.4. The molecule has 0 aromatic heterocycles. The molecular formula is C7H15NO2. The second-order valence-corrected chi connectivity index (χ2v) is 2.32. The molecule has 0 aliphatic carbocycles. The first-order chi connectivity index (χ1) is 4.72. The predicted octanol–water partition coefficient (Wildman–Crippen LogP) is 0.849. The number of aliphatic carboxylic acids is 1. The van der Waals surface area contributed by atoms with Gasteiger partial charge in [-0.1, -0.05) is 19.8 Å². The summed E-state index contributed by atoms with van der Waals surface area (Å²) in [5, 5.41) is 11.3. The van der Waals surface area contributed by atoms with Gasteiger partial charge in [0.25, 0.3) is 0 Å². The van der Waals surface area contributed by atoms with Crippen LogP contribution in [-0.4, -0.2) is 24.2 Å². The molecular weight excluding hydrogens is 130 g/mol. The average Bonchev–Trinajstić information content (AvgIpc) is 1.89. The van der Waals surface area contributed by atoms with Gasteiger partial charge >= 0.3 is 5.97 Å². The van der Waals surface area contributed by atoms with E-state index in [1.807, 2.05) is 0 Å². The number of hydrogen-bond acceptors (Lipinski definition) is 2. The van der Waals surface area contributed by atoms with Crippen LogP contribution in [0.5, 0.6) is 0 Å². The lowest BCUT2D eigenvalue weighted by molar-refractivity contribution is -0.139. The molecule has 0 aromatic rings. The van der Waals surface area contributed by atoms with E-state index >= 15 is 0 Å². The molecule has 0 unspecified atom stereocenters. The van der Waals surface area contributed by atoms with Crippen molar-refractivity contribution in [1.82, 2.24) is 5.32 Å². The van der Waals surface area contributed by atoms with Gasteiger partial charge in [-0.15, -0.1) is 0 Å². The molecule has 60 valence electrons. The molecule has 0 amide bonds. The van der Waals surface area contributed by atoms with E-state index in [0.717, 1.165) is 19.3 Å². The standard InChI is InChI=1S/C7H15NO2/c1-3-4-5-6(8-2)7(9)10/h6,8H,3-5H2,1-2H3,(H,9,10)/t6-/m0/s1. The summed E-state index contributed by atoms with van der Waals surface area (Å²) in [6, 6.07) is -0.361. The van der Waals surface area contributed by atoms with Gasteiger partial charge in [0.2, 0.25) is 0 Å². The second-order valence-electron chi connectivity index (χ2n) is 2.32. The number of carboxylic acid groups (broad SMARTS) is 1. The first-order valence-corrected chi connectivity index (χ1v) is 3.62. The molecule has 3 nitrogen and oxygen atoms in total. The molecule has 0 rings (SSSR count). The van der Waals surface area contributed by atoms with Gasteiger partial charge in [-0.2, -0.15) is 0 Å². The van der Waals surface area contributed by atoms with Gasteiger partial charge < -0.3 is 10.4 Å². The van der Waals surface area contributed by atoms with Crippen LogP contribution in [0, 0.1) is 0 Å².